The molecule has 0 aromatic heterocycles. The molecule has 0 amide bonds. The van der Waals surface area contributed by atoms with Gasteiger partial charge in [0.15, 0.2) is 0 Å². The summed E-state index contributed by atoms with van der Waals surface area (Å²) in [5.41, 5.74) is 0. The zero-order valence-electron chi connectivity index (χ0n) is 4.29. The van der Waals surface area contributed by atoms with Crippen LogP contribution in [0.1, 0.15) is 6.92 Å². The molecule has 0 aliphatic rings. The Kier molecular flexibility index (Phi) is 10.8. The third-order valence-electron chi connectivity index (χ3n) is 0.223. The maximum absolute atomic E-state index is 9.70. The van der Waals surface area contributed by atoms with E-state index in [2.05, 4.69) is 4.18 Å². The van der Waals surface area contributed by atoms with E-state index in [1.165, 1.54) is 0 Å². The van der Waals surface area contributed by atoms with Crippen LogP contribution in [-0.2, 0) is 36.4 Å². The van der Waals surface area contributed by atoms with E-state index in [0.717, 1.165) is 6.92 Å². The Morgan fingerprint density at radius 3 is 1.80 bits per heavy atom. The molecule has 1 N–H and O–H groups in total. The Morgan fingerprint density at radius 2 is 1.80 bits per heavy atom. The number of hydrogen-bond acceptors (Lipinski definition) is 4. The smallest absolute Gasteiger partial charge is 0.325 e. The Labute approximate surface area is 85.1 Å². The molecule has 0 atom stereocenters. The Bertz CT molecular complexity index is 186. The molecular formula is C2H6CuMgO5S. The maximum atomic E-state index is 9.70. The second-order valence-electron chi connectivity index (χ2n) is 1.00. The molecule has 0 saturated heterocycles. The van der Waals surface area contributed by atoms with Crippen LogP contribution in [0.3, 0.4) is 0 Å². The fourth-order valence-electron chi connectivity index (χ4n) is 0.148. The monoisotopic (exact) mass is 229 g/mol. The topological polar surface area (TPSA) is 80.7 Å². The standard InChI is InChI=1S/C2H4O5S.Cu.Mg.2H/c1-2(3)7-8(4,5)6;;;;/h1H3,(H,4,5,6);;;;. The molecule has 1 radical (unpaired) electrons. The van der Waals surface area contributed by atoms with Crippen LogP contribution in [0, 0.1) is 0 Å². The van der Waals surface area contributed by atoms with Gasteiger partial charge in [-0.05, 0) is 0 Å². The van der Waals surface area contributed by atoms with Gasteiger partial charge >= 0.3 is 39.4 Å². The van der Waals surface area contributed by atoms with Gasteiger partial charge < -0.3 is 4.18 Å². The predicted molar refractivity (Wildman–Crippen MR) is 31.9 cm³/mol. The molecule has 63 valence electrons. The minimum atomic E-state index is -4.57. The van der Waals surface area contributed by atoms with Crippen LogP contribution in [0.25, 0.3) is 0 Å². The van der Waals surface area contributed by atoms with Crippen LogP contribution in [0.15, 0.2) is 0 Å². The van der Waals surface area contributed by atoms with E-state index in [1.807, 2.05) is 0 Å². The summed E-state index contributed by atoms with van der Waals surface area (Å²) >= 11 is 0. The van der Waals surface area contributed by atoms with Crippen molar-refractivity contribution < 1.29 is 39.0 Å². The molecule has 0 rings (SSSR count). The van der Waals surface area contributed by atoms with Crippen LogP contribution < -0.4 is 0 Å². The molecule has 0 spiro atoms. The molecule has 0 bridgehead atoms. The summed E-state index contributed by atoms with van der Waals surface area (Å²) in [6, 6.07) is 0. The predicted octanol–water partition coefficient (Wildman–Crippen LogP) is -1.57. The molecule has 10 heavy (non-hydrogen) atoms. The molecule has 0 aromatic carbocycles. The molecule has 0 saturated carbocycles. The van der Waals surface area contributed by atoms with Crippen molar-refractivity contribution in [3.05, 3.63) is 0 Å². The fourth-order valence-corrected chi connectivity index (χ4v) is 0.445. The summed E-state index contributed by atoms with van der Waals surface area (Å²) in [6.07, 6.45) is 0. The third kappa shape index (κ3) is 15.9. The zero-order chi connectivity index (χ0) is 6.78. The second kappa shape index (κ2) is 6.38. The van der Waals surface area contributed by atoms with E-state index in [9.17, 15) is 13.2 Å². The normalized spacial score (nSPS) is 8.60. The first-order valence-corrected chi connectivity index (χ1v) is 2.96. The van der Waals surface area contributed by atoms with Gasteiger partial charge in [-0.2, -0.15) is 8.42 Å². The largest absolute Gasteiger partial charge is 0.448 e. The van der Waals surface area contributed by atoms with Crippen molar-refractivity contribution in [3.8, 4) is 0 Å². The van der Waals surface area contributed by atoms with Gasteiger partial charge in [0.1, 0.15) is 0 Å². The molecule has 5 nitrogen and oxygen atoms in total. The number of hydrogen-bond donors (Lipinski definition) is 1. The third-order valence-corrected chi connectivity index (χ3v) is 0.668. The number of carbonyl (C=O) groups excluding carboxylic acids is 1. The van der Waals surface area contributed by atoms with E-state index in [-0.39, 0.29) is 40.1 Å². The average molecular weight is 230 g/mol. The molecule has 0 aromatic rings. The summed E-state index contributed by atoms with van der Waals surface area (Å²) in [5.74, 6) is -1.06. The minimum Gasteiger partial charge on any atom is -0.325 e. The van der Waals surface area contributed by atoms with Crippen molar-refractivity contribution in [2.24, 2.45) is 0 Å². The molecule has 0 fully saturated rings. The maximum Gasteiger partial charge on any atom is 0.448 e. The van der Waals surface area contributed by atoms with Gasteiger partial charge in [0.05, 0.1) is 0 Å². The first-order valence-electron chi connectivity index (χ1n) is 1.59. The minimum absolute atomic E-state index is 0. The Hall–Kier alpha value is 0.666. The van der Waals surface area contributed by atoms with Crippen LogP contribution in [0.2, 0.25) is 0 Å². The zero-order valence-corrected chi connectivity index (χ0v) is 6.05. The molecular weight excluding hydrogens is 224 g/mol. The van der Waals surface area contributed by atoms with Gasteiger partial charge in [-0.25, -0.2) is 0 Å². The van der Waals surface area contributed by atoms with Crippen LogP contribution >= 0.6 is 0 Å². The summed E-state index contributed by atoms with van der Waals surface area (Å²) < 4.78 is 30.2. The van der Waals surface area contributed by atoms with Gasteiger partial charge in [0.2, 0.25) is 0 Å². The number of rotatable bonds is 1. The van der Waals surface area contributed by atoms with Crippen molar-refractivity contribution in [1.82, 2.24) is 0 Å². The van der Waals surface area contributed by atoms with E-state index in [0.29, 0.717) is 0 Å². The second-order valence-corrected chi connectivity index (χ2v) is 2.02. The van der Waals surface area contributed by atoms with Gasteiger partial charge in [-0.1, -0.05) is 0 Å². The van der Waals surface area contributed by atoms with Gasteiger partial charge in [-0.15, -0.1) is 0 Å². The summed E-state index contributed by atoms with van der Waals surface area (Å²) in [7, 11) is -4.57. The van der Waals surface area contributed by atoms with Gasteiger partial charge in [0.25, 0.3) is 0 Å². The van der Waals surface area contributed by atoms with E-state index in [4.69, 9.17) is 4.55 Å². The Balaban J connectivity index is -0.000000245. The van der Waals surface area contributed by atoms with Crippen molar-refractivity contribution in [2.45, 2.75) is 6.92 Å². The van der Waals surface area contributed by atoms with E-state index in [1.54, 1.807) is 0 Å². The summed E-state index contributed by atoms with van der Waals surface area (Å²) in [6.45, 7) is 0.869. The van der Waals surface area contributed by atoms with Gasteiger partial charge in [0, 0.05) is 24.0 Å². The first kappa shape index (κ1) is 17.0. The van der Waals surface area contributed by atoms with Crippen molar-refractivity contribution in [2.75, 3.05) is 0 Å². The quantitative estimate of drug-likeness (QED) is 0.435. The molecule has 0 aliphatic carbocycles. The van der Waals surface area contributed by atoms with Crippen molar-refractivity contribution in [3.63, 3.8) is 0 Å². The Morgan fingerprint density at radius 1 is 1.50 bits per heavy atom. The van der Waals surface area contributed by atoms with Crippen molar-refractivity contribution in [1.29, 1.82) is 0 Å². The van der Waals surface area contributed by atoms with Gasteiger partial charge in [-0.3, -0.25) is 9.35 Å². The fraction of sp³-hybridized carbons (Fsp3) is 0.500. The summed E-state index contributed by atoms with van der Waals surface area (Å²) in [4.78, 5) is 9.70. The molecule has 0 unspecified atom stereocenters. The molecule has 0 aliphatic heterocycles. The number of carbonyl (C=O) groups is 1. The van der Waals surface area contributed by atoms with E-state index >= 15 is 0 Å². The summed E-state index contributed by atoms with van der Waals surface area (Å²) in [5, 5.41) is 0. The van der Waals surface area contributed by atoms with Crippen LogP contribution in [-0.4, -0.2) is 42.0 Å². The molecule has 8 heteroatoms. The molecule has 0 heterocycles. The SMILES string of the molecule is CC(=O)OS(=O)(=O)O.[Cu].[MgH2]. The van der Waals surface area contributed by atoms with Crippen LogP contribution in [0.5, 0.6) is 0 Å². The average Bonchev–Trinajstić information content (AvgIpc) is 1.21. The van der Waals surface area contributed by atoms with E-state index < -0.39 is 16.4 Å². The van der Waals surface area contributed by atoms with Crippen molar-refractivity contribution >= 4 is 39.4 Å². The van der Waals surface area contributed by atoms with Crippen LogP contribution in [0.4, 0.5) is 0 Å². The first-order chi connectivity index (χ1) is 3.42.